The van der Waals surface area contributed by atoms with Crippen LogP contribution in [0, 0.1) is 5.92 Å². The fraction of sp³-hybridized carbons (Fsp3) is 0.588. The van der Waals surface area contributed by atoms with E-state index in [4.69, 9.17) is 11.6 Å². The van der Waals surface area contributed by atoms with Gasteiger partial charge in [-0.05, 0) is 30.4 Å². The van der Waals surface area contributed by atoms with Crippen LogP contribution in [0.15, 0.2) is 24.3 Å². The number of amides is 1. The number of hydrogen-bond donors (Lipinski definition) is 1. The SMILES string of the molecule is O=C(NC1c2ccccc2CC1Cl)C1CCCCCC1. The van der Waals surface area contributed by atoms with Gasteiger partial charge in [0, 0.05) is 5.92 Å². The van der Waals surface area contributed by atoms with Crippen LogP contribution in [0.4, 0.5) is 0 Å². The summed E-state index contributed by atoms with van der Waals surface area (Å²) in [4.78, 5) is 12.5. The zero-order valence-electron chi connectivity index (χ0n) is 11.8. The number of halogens is 1. The second-order valence-electron chi connectivity index (χ2n) is 6.09. The van der Waals surface area contributed by atoms with Gasteiger partial charge in [-0.25, -0.2) is 0 Å². The lowest BCUT2D eigenvalue weighted by Gasteiger charge is -2.21. The van der Waals surface area contributed by atoms with Crippen molar-refractivity contribution in [2.75, 3.05) is 0 Å². The molecule has 1 fully saturated rings. The molecule has 0 aliphatic heterocycles. The fourth-order valence-corrected chi connectivity index (χ4v) is 3.89. The van der Waals surface area contributed by atoms with E-state index in [1.807, 2.05) is 12.1 Å². The minimum absolute atomic E-state index is 0.0105. The normalized spacial score (nSPS) is 26.9. The zero-order chi connectivity index (χ0) is 13.9. The molecule has 1 aromatic carbocycles. The summed E-state index contributed by atoms with van der Waals surface area (Å²) in [7, 11) is 0. The molecular weight excluding hydrogens is 270 g/mol. The molecule has 2 atom stereocenters. The summed E-state index contributed by atoms with van der Waals surface area (Å²) in [5, 5.41) is 3.20. The molecule has 2 aliphatic carbocycles. The van der Waals surface area contributed by atoms with Gasteiger partial charge in [-0.3, -0.25) is 4.79 Å². The van der Waals surface area contributed by atoms with Gasteiger partial charge in [0.1, 0.15) is 0 Å². The van der Waals surface area contributed by atoms with Crippen molar-refractivity contribution in [2.24, 2.45) is 5.92 Å². The Morgan fingerprint density at radius 1 is 1.10 bits per heavy atom. The second kappa shape index (κ2) is 6.17. The molecule has 1 aromatic rings. The Labute approximate surface area is 125 Å². The first-order chi connectivity index (χ1) is 9.75. The van der Waals surface area contributed by atoms with Crippen molar-refractivity contribution in [1.29, 1.82) is 0 Å². The third kappa shape index (κ3) is 2.85. The second-order valence-corrected chi connectivity index (χ2v) is 6.65. The molecule has 0 bridgehead atoms. The first kappa shape index (κ1) is 13.9. The summed E-state index contributed by atoms with van der Waals surface area (Å²) in [6, 6.07) is 8.26. The van der Waals surface area contributed by atoms with Crippen molar-refractivity contribution in [3.05, 3.63) is 35.4 Å². The van der Waals surface area contributed by atoms with Crippen LogP contribution < -0.4 is 5.32 Å². The van der Waals surface area contributed by atoms with Crippen LogP contribution in [-0.4, -0.2) is 11.3 Å². The van der Waals surface area contributed by atoms with E-state index in [9.17, 15) is 4.79 Å². The van der Waals surface area contributed by atoms with E-state index in [1.54, 1.807) is 0 Å². The molecule has 2 aliphatic rings. The molecule has 0 radical (unpaired) electrons. The molecule has 2 nitrogen and oxygen atoms in total. The maximum absolute atomic E-state index is 12.5. The largest absolute Gasteiger partial charge is 0.348 e. The Kier molecular flexibility index (Phi) is 4.30. The van der Waals surface area contributed by atoms with E-state index >= 15 is 0 Å². The lowest BCUT2D eigenvalue weighted by Crippen LogP contribution is -2.36. The maximum atomic E-state index is 12.5. The van der Waals surface area contributed by atoms with Gasteiger partial charge in [-0.15, -0.1) is 11.6 Å². The first-order valence-corrected chi connectivity index (χ1v) is 8.21. The Hall–Kier alpha value is -1.02. The zero-order valence-corrected chi connectivity index (χ0v) is 12.5. The summed E-state index contributed by atoms with van der Waals surface area (Å²) in [5.74, 6) is 0.397. The molecule has 108 valence electrons. The van der Waals surface area contributed by atoms with Gasteiger partial charge in [0.15, 0.2) is 0 Å². The third-order valence-electron chi connectivity index (χ3n) is 4.69. The number of fused-ring (bicyclic) bond motifs is 1. The number of rotatable bonds is 2. The molecule has 0 saturated heterocycles. The molecule has 3 rings (SSSR count). The Morgan fingerprint density at radius 2 is 1.80 bits per heavy atom. The van der Waals surface area contributed by atoms with Crippen LogP contribution in [-0.2, 0) is 11.2 Å². The van der Waals surface area contributed by atoms with Crippen molar-refractivity contribution in [3.63, 3.8) is 0 Å². The molecule has 1 amide bonds. The van der Waals surface area contributed by atoms with Crippen LogP contribution >= 0.6 is 11.6 Å². The molecule has 0 spiro atoms. The standard InChI is InChI=1S/C17H22ClNO/c18-15-11-13-9-5-6-10-14(13)16(15)19-17(20)12-7-3-1-2-4-8-12/h5-6,9-10,12,15-16H,1-4,7-8,11H2,(H,19,20). The lowest BCUT2D eigenvalue weighted by molar-refractivity contribution is -0.126. The van der Waals surface area contributed by atoms with Gasteiger partial charge < -0.3 is 5.32 Å². The highest BCUT2D eigenvalue weighted by Crippen LogP contribution is 2.35. The maximum Gasteiger partial charge on any atom is 0.223 e. The molecule has 0 heterocycles. The predicted molar refractivity (Wildman–Crippen MR) is 81.9 cm³/mol. The summed E-state index contributed by atoms with van der Waals surface area (Å²) in [5.41, 5.74) is 2.48. The van der Waals surface area contributed by atoms with Crippen molar-refractivity contribution < 1.29 is 4.79 Å². The van der Waals surface area contributed by atoms with Crippen molar-refractivity contribution in [3.8, 4) is 0 Å². The van der Waals surface area contributed by atoms with E-state index in [1.165, 1.54) is 36.8 Å². The summed E-state index contributed by atoms with van der Waals surface area (Å²) >= 11 is 6.44. The number of carbonyl (C=O) groups is 1. The molecule has 3 heteroatoms. The summed E-state index contributed by atoms with van der Waals surface area (Å²) in [6.07, 6.45) is 7.84. The van der Waals surface area contributed by atoms with E-state index in [-0.39, 0.29) is 23.2 Å². The number of hydrogen-bond acceptors (Lipinski definition) is 1. The minimum atomic E-state index is -0.0119. The smallest absolute Gasteiger partial charge is 0.223 e. The molecule has 2 unspecified atom stereocenters. The number of nitrogens with one attached hydrogen (secondary N) is 1. The summed E-state index contributed by atoms with van der Waals surface area (Å²) in [6.45, 7) is 0. The number of alkyl halides is 1. The topological polar surface area (TPSA) is 29.1 Å². The van der Waals surface area contributed by atoms with Crippen molar-refractivity contribution in [1.82, 2.24) is 5.32 Å². The summed E-state index contributed by atoms with van der Waals surface area (Å²) < 4.78 is 0. The van der Waals surface area contributed by atoms with Gasteiger partial charge in [0.2, 0.25) is 5.91 Å². The van der Waals surface area contributed by atoms with Gasteiger partial charge >= 0.3 is 0 Å². The lowest BCUT2D eigenvalue weighted by atomic mass is 9.98. The fourth-order valence-electron chi connectivity index (χ4n) is 3.53. The van der Waals surface area contributed by atoms with Crippen molar-refractivity contribution >= 4 is 17.5 Å². The molecule has 20 heavy (non-hydrogen) atoms. The number of benzene rings is 1. The Balaban J connectivity index is 1.69. The highest BCUT2D eigenvalue weighted by atomic mass is 35.5. The van der Waals surface area contributed by atoms with Gasteiger partial charge in [-0.1, -0.05) is 49.9 Å². The van der Waals surface area contributed by atoms with Gasteiger partial charge in [0.05, 0.1) is 11.4 Å². The molecule has 0 aromatic heterocycles. The average molecular weight is 292 g/mol. The number of carbonyl (C=O) groups excluding carboxylic acids is 1. The predicted octanol–water partition coefficient (Wildman–Crippen LogP) is 3.98. The highest BCUT2D eigenvalue weighted by Gasteiger charge is 2.33. The highest BCUT2D eigenvalue weighted by molar-refractivity contribution is 6.21. The third-order valence-corrected chi connectivity index (χ3v) is 5.10. The van der Waals surface area contributed by atoms with Crippen LogP contribution in [0.2, 0.25) is 0 Å². The molecule has 1 N–H and O–H groups in total. The first-order valence-electron chi connectivity index (χ1n) is 7.78. The van der Waals surface area contributed by atoms with Crippen LogP contribution in [0.25, 0.3) is 0 Å². The van der Waals surface area contributed by atoms with Crippen LogP contribution in [0.5, 0.6) is 0 Å². The molecule has 1 saturated carbocycles. The van der Waals surface area contributed by atoms with E-state index in [0.29, 0.717) is 0 Å². The Bertz CT molecular complexity index is 480. The monoisotopic (exact) mass is 291 g/mol. The van der Waals surface area contributed by atoms with Gasteiger partial charge in [0.25, 0.3) is 0 Å². The van der Waals surface area contributed by atoms with Gasteiger partial charge in [-0.2, -0.15) is 0 Å². The van der Waals surface area contributed by atoms with E-state index in [0.717, 1.165) is 19.3 Å². The van der Waals surface area contributed by atoms with Crippen molar-refractivity contribution in [2.45, 2.75) is 56.4 Å². The van der Waals surface area contributed by atoms with E-state index in [2.05, 4.69) is 17.4 Å². The van der Waals surface area contributed by atoms with E-state index < -0.39 is 0 Å². The quantitative estimate of drug-likeness (QED) is 0.648. The molecular formula is C17H22ClNO. The van der Waals surface area contributed by atoms with Crippen LogP contribution in [0.1, 0.15) is 55.7 Å². The average Bonchev–Trinajstić information content (AvgIpc) is 2.66. The minimum Gasteiger partial charge on any atom is -0.348 e. The van der Waals surface area contributed by atoms with Crippen LogP contribution in [0.3, 0.4) is 0 Å². The Morgan fingerprint density at radius 3 is 2.55 bits per heavy atom.